The van der Waals surface area contributed by atoms with E-state index in [1.807, 2.05) is 11.8 Å². The molecule has 2 fully saturated rings. The van der Waals surface area contributed by atoms with Crippen LogP contribution < -0.4 is 0 Å². The highest BCUT2D eigenvalue weighted by molar-refractivity contribution is 5.93. The van der Waals surface area contributed by atoms with Gasteiger partial charge < -0.3 is 14.7 Å². The van der Waals surface area contributed by atoms with Crippen LogP contribution in [0.1, 0.15) is 43.0 Å². The quantitative estimate of drug-likeness (QED) is 0.885. The van der Waals surface area contributed by atoms with Gasteiger partial charge in [-0.3, -0.25) is 9.48 Å². The van der Waals surface area contributed by atoms with Gasteiger partial charge in [0, 0.05) is 32.4 Å². The van der Waals surface area contributed by atoms with Crippen LogP contribution in [0, 0.1) is 0 Å². The fraction of sp³-hybridized carbons (Fsp3) is 0.733. The highest BCUT2D eigenvalue weighted by Crippen LogP contribution is 2.35. The normalized spacial score (nSPS) is 25.2. The third kappa shape index (κ3) is 2.70. The molecule has 6 nitrogen and oxygen atoms in total. The van der Waals surface area contributed by atoms with Gasteiger partial charge in [0.25, 0.3) is 5.91 Å². The number of rotatable bonds is 2. The lowest BCUT2D eigenvalue weighted by molar-refractivity contribution is -0.174. The van der Waals surface area contributed by atoms with E-state index in [1.54, 1.807) is 17.1 Å². The average molecular weight is 293 g/mol. The molecular weight excluding hydrogens is 270 g/mol. The van der Waals surface area contributed by atoms with E-state index >= 15 is 0 Å². The fourth-order valence-electron chi connectivity index (χ4n) is 3.31. The second kappa shape index (κ2) is 5.77. The number of hydrogen-bond acceptors (Lipinski definition) is 4. The Bertz CT molecular complexity index is 506. The number of hydrogen-bond donors (Lipinski definition) is 1. The van der Waals surface area contributed by atoms with Gasteiger partial charge in [-0.15, -0.1) is 0 Å². The number of amides is 1. The van der Waals surface area contributed by atoms with Crippen LogP contribution in [0.2, 0.25) is 0 Å². The largest absolute Gasteiger partial charge is 0.390 e. The van der Waals surface area contributed by atoms with Gasteiger partial charge in [0.05, 0.1) is 23.5 Å². The van der Waals surface area contributed by atoms with Crippen LogP contribution >= 0.6 is 0 Å². The van der Waals surface area contributed by atoms with Crippen LogP contribution in [0.15, 0.2) is 12.4 Å². The molecule has 0 radical (unpaired) electrons. The maximum absolute atomic E-state index is 12.5. The first-order valence-electron chi connectivity index (χ1n) is 7.78. The number of aryl methyl sites for hydroxylation is 1. The molecule has 0 aliphatic carbocycles. The van der Waals surface area contributed by atoms with E-state index in [9.17, 15) is 9.90 Å². The second-order valence-corrected chi connectivity index (χ2v) is 5.95. The Morgan fingerprint density at radius 1 is 1.52 bits per heavy atom. The highest BCUT2D eigenvalue weighted by Gasteiger charge is 2.44. The van der Waals surface area contributed by atoms with Crippen molar-refractivity contribution in [3.05, 3.63) is 18.0 Å². The molecule has 21 heavy (non-hydrogen) atoms. The van der Waals surface area contributed by atoms with E-state index in [2.05, 4.69) is 5.10 Å². The van der Waals surface area contributed by atoms with Crippen molar-refractivity contribution in [1.82, 2.24) is 14.7 Å². The second-order valence-electron chi connectivity index (χ2n) is 5.95. The number of likely N-dealkylation sites (tertiary alicyclic amines) is 1. The number of aromatic nitrogens is 2. The van der Waals surface area contributed by atoms with E-state index in [1.165, 1.54) is 0 Å². The SMILES string of the molecule is CCn1cc(C(=O)N2CCC3(CC2)OCCC[C@H]3O)cn1. The van der Waals surface area contributed by atoms with E-state index in [0.29, 0.717) is 38.1 Å². The Labute approximate surface area is 124 Å². The molecule has 0 unspecified atom stereocenters. The van der Waals surface area contributed by atoms with Crippen LogP contribution in [-0.4, -0.2) is 57.1 Å². The predicted molar refractivity (Wildman–Crippen MR) is 77.0 cm³/mol. The summed E-state index contributed by atoms with van der Waals surface area (Å²) in [6.45, 7) is 4.73. The number of aliphatic hydroxyl groups is 1. The lowest BCUT2D eigenvalue weighted by Crippen LogP contribution is -2.56. The van der Waals surface area contributed by atoms with Gasteiger partial charge in [0.2, 0.25) is 0 Å². The van der Waals surface area contributed by atoms with Crippen molar-refractivity contribution < 1.29 is 14.6 Å². The molecule has 1 aromatic heterocycles. The summed E-state index contributed by atoms with van der Waals surface area (Å²) < 4.78 is 7.63. The molecule has 6 heteroatoms. The minimum absolute atomic E-state index is 0.0230. The lowest BCUT2D eigenvalue weighted by atomic mass is 9.82. The van der Waals surface area contributed by atoms with Crippen LogP contribution in [0.3, 0.4) is 0 Å². The van der Waals surface area contributed by atoms with E-state index in [-0.39, 0.29) is 5.91 Å². The van der Waals surface area contributed by atoms with Crippen molar-refractivity contribution >= 4 is 5.91 Å². The van der Waals surface area contributed by atoms with E-state index in [4.69, 9.17) is 4.74 Å². The van der Waals surface area contributed by atoms with E-state index in [0.717, 1.165) is 19.4 Å². The number of nitrogens with zero attached hydrogens (tertiary/aromatic N) is 3. The first-order valence-corrected chi connectivity index (χ1v) is 7.78. The molecular formula is C15H23N3O3. The van der Waals surface area contributed by atoms with Crippen molar-refractivity contribution in [2.75, 3.05) is 19.7 Å². The maximum Gasteiger partial charge on any atom is 0.257 e. The Morgan fingerprint density at radius 3 is 2.90 bits per heavy atom. The molecule has 1 aromatic rings. The number of piperidine rings is 1. The summed E-state index contributed by atoms with van der Waals surface area (Å²) in [4.78, 5) is 14.3. The summed E-state index contributed by atoms with van der Waals surface area (Å²) in [5, 5.41) is 14.4. The Balaban J connectivity index is 1.63. The molecule has 0 aromatic carbocycles. The summed E-state index contributed by atoms with van der Waals surface area (Å²) in [5.41, 5.74) is 0.209. The predicted octanol–water partition coefficient (Wildman–Crippen LogP) is 1.05. The first-order chi connectivity index (χ1) is 10.1. The van der Waals surface area contributed by atoms with Crippen molar-refractivity contribution in [3.8, 4) is 0 Å². The standard InChI is InChI=1S/C15H23N3O3/c1-2-18-11-12(10-16-18)14(20)17-7-5-15(6-8-17)13(19)4-3-9-21-15/h10-11,13,19H,2-9H2,1H3/t13-/m1/s1. The molecule has 2 saturated heterocycles. The van der Waals surface area contributed by atoms with Crippen LogP contribution in [0.4, 0.5) is 0 Å². The van der Waals surface area contributed by atoms with Gasteiger partial charge in [-0.05, 0) is 32.6 Å². The topological polar surface area (TPSA) is 67.6 Å². The highest BCUT2D eigenvalue weighted by atomic mass is 16.5. The zero-order valence-electron chi connectivity index (χ0n) is 12.5. The molecule has 0 saturated carbocycles. The van der Waals surface area contributed by atoms with Crippen LogP contribution in [0.5, 0.6) is 0 Å². The van der Waals surface area contributed by atoms with Crippen LogP contribution in [0.25, 0.3) is 0 Å². The molecule has 1 atom stereocenters. The summed E-state index contributed by atoms with van der Waals surface area (Å²) in [6, 6.07) is 0. The molecule has 1 amide bonds. The molecule has 116 valence electrons. The van der Waals surface area contributed by atoms with E-state index < -0.39 is 11.7 Å². The third-order valence-corrected chi connectivity index (χ3v) is 4.72. The molecule has 3 rings (SSSR count). The number of aliphatic hydroxyl groups excluding tert-OH is 1. The zero-order valence-corrected chi connectivity index (χ0v) is 12.5. The Morgan fingerprint density at radius 2 is 2.29 bits per heavy atom. The molecule has 2 aliphatic rings. The maximum atomic E-state index is 12.5. The van der Waals surface area contributed by atoms with Gasteiger partial charge in [-0.2, -0.15) is 5.10 Å². The van der Waals surface area contributed by atoms with Crippen LogP contribution in [-0.2, 0) is 11.3 Å². The zero-order chi connectivity index (χ0) is 14.9. The molecule has 0 bridgehead atoms. The Kier molecular flexibility index (Phi) is 3.99. The van der Waals surface area contributed by atoms with Gasteiger partial charge >= 0.3 is 0 Å². The molecule has 1 N–H and O–H groups in total. The third-order valence-electron chi connectivity index (χ3n) is 4.72. The smallest absolute Gasteiger partial charge is 0.257 e. The van der Waals surface area contributed by atoms with Gasteiger partial charge in [0.1, 0.15) is 0 Å². The molecule has 1 spiro atoms. The summed E-state index contributed by atoms with van der Waals surface area (Å²) in [7, 11) is 0. The summed E-state index contributed by atoms with van der Waals surface area (Å²) in [5.74, 6) is 0.0230. The Hall–Kier alpha value is -1.40. The monoisotopic (exact) mass is 293 g/mol. The van der Waals surface area contributed by atoms with Gasteiger partial charge in [0.15, 0.2) is 0 Å². The summed E-state index contributed by atoms with van der Waals surface area (Å²) in [6.07, 6.45) is 6.16. The number of ether oxygens (including phenoxy) is 1. The fourth-order valence-corrected chi connectivity index (χ4v) is 3.31. The van der Waals surface area contributed by atoms with Crippen molar-refractivity contribution in [2.24, 2.45) is 0 Å². The van der Waals surface area contributed by atoms with Gasteiger partial charge in [-0.25, -0.2) is 0 Å². The molecule has 3 heterocycles. The number of carbonyl (C=O) groups excluding carboxylic acids is 1. The molecule has 2 aliphatic heterocycles. The van der Waals surface area contributed by atoms with Crippen molar-refractivity contribution in [3.63, 3.8) is 0 Å². The minimum atomic E-state index is -0.428. The van der Waals surface area contributed by atoms with Crippen molar-refractivity contribution in [2.45, 2.75) is 50.9 Å². The number of carbonyl (C=O) groups is 1. The van der Waals surface area contributed by atoms with Crippen molar-refractivity contribution in [1.29, 1.82) is 0 Å². The summed E-state index contributed by atoms with van der Waals surface area (Å²) >= 11 is 0. The van der Waals surface area contributed by atoms with Gasteiger partial charge in [-0.1, -0.05) is 0 Å². The lowest BCUT2D eigenvalue weighted by Gasteiger charge is -2.46. The first kappa shape index (κ1) is 14.5. The average Bonchev–Trinajstić information content (AvgIpc) is 2.99. The minimum Gasteiger partial charge on any atom is -0.390 e.